The third-order valence-electron chi connectivity index (χ3n) is 5.61. The summed E-state index contributed by atoms with van der Waals surface area (Å²) in [6, 6.07) is 12.6. The lowest BCUT2D eigenvalue weighted by Gasteiger charge is -2.25. The van der Waals surface area contributed by atoms with Gasteiger partial charge in [-0.05, 0) is 55.3 Å². The monoisotopic (exact) mass is 433 g/mol. The summed E-state index contributed by atoms with van der Waals surface area (Å²) in [7, 11) is 1.43. The molecule has 1 aliphatic heterocycles. The van der Waals surface area contributed by atoms with Crippen LogP contribution in [0.5, 0.6) is 11.5 Å². The number of benzene rings is 2. The minimum atomic E-state index is -0.920. The number of rotatable bonds is 5. The molecule has 1 aliphatic rings. The highest BCUT2D eigenvalue weighted by Crippen LogP contribution is 2.42. The predicted molar refractivity (Wildman–Crippen MR) is 117 cm³/mol. The first-order valence-corrected chi connectivity index (χ1v) is 10.1. The summed E-state index contributed by atoms with van der Waals surface area (Å²) >= 11 is 0. The SMILES string of the molecule is COc1ccc(C2/C(=C(\O)c3cc(C)ccc3C)C(=O)C(=O)N2Cc2ccco2)cc1O. The Labute approximate surface area is 185 Å². The highest BCUT2D eigenvalue weighted by Gasteiger charge is 2.46. The van der Waals surface area contributed by atoms with E-state index in [4.69, 9.17) is 9.15 Å². The number of carbonyl (C=O) groups excluding carboxylic acids is 2. The Balaban J connectivity index is 1.92. The van der Waals surface area contributed by atoms with Crippen molar-refractivity contribution in [1.82, 2.24) is 4.90 Å². The number of aliphatic hydroxyl groups excluding tert-OH is 1. The largest absolute Gasteiger partial charge is 0.507 e. The number of furan rings is 1. The zero-order valence-corrected chi connectivity index (χ0v) is 18.0. The van der Waals surface area contributed by atoms with Gasteiger partial charge in [-0.25, -0.2) is 0 Å². The molecule has 32 heavy (non-hydrogen) atoms. The third kappa shape index (κ3) is 3.62. The van der Waals surface area contributed by atoms with Gasteiger partial charge >= 0.3 is 0 Å². The van der Waals surface area contributed by atoms with Crippen LogP contribution in [0.2, 0.25) is 0 Å². The van der Waals surface area contributed by atoms with Crippen LogP contribution in [0.25, 0.3) is 5.76 Å². The number of Topliss-reactive ketones (excluding diaryl/α,β-unsaturated/α-hetero) is 1. The Hall–Kier alpha value is -4.00. The van der Waals surface area contributed by atoms with E-state index in [0.717, 1.165) is 11.1 Å². The maximum atomic E-state index is 13.1. The van der Waals surface area contributed by atoms with Gasteiger partial charge < -0.3 is 24.3 Å². The number of phenols is 1. The number of aliphatic hydroxyl groups is 1. The van der Waals surface area contributed by atoms with Gasteiger partial charge in [-0.1, -0.05) is 23.8 Å². The van der Waals surface area contributed by atoms with Gasteiger partial charge in [0.1, 0.15) is 11.5 Å². The van der Waals surface area contributed by atoms with E-state index in [0.29, 0.717) is 16.9 Å². The molecule has 0 radical (unpaired) electrons. The van der Waals surface area contributed by atoms with Gasteiger partial charge in [0.2, 0.25) is 0 Å². The first-order valence-electron chi connectivity index (χ1n) is 10.1. The number of ether oxygens (including phenoxy) is 1. The number of hydrogen-bond donors (Lipinski definition) is 2. The zero-order valence-electron chi connectivity index (χ0n) is 18.0. The lowest BCUT2D eigenvalue weighted by Crippen LogP contribution is -2.29. The molecule has 1 aromatic heterocycles. The second-order valence-electron chi connectivity index (χ2n) is 7.76. The molecule has 3 aromatic rings. The van der Waals surface area contributed by atoms with E-state index in [-0.39, 0.29) is 29.4 Å². The van der Waals surface area contributed by atoms with E-state index in [9.17, 15) is 19.8 Å². The summed E-state index contributed by atoms with van der Waals surface area (Å²) in [5.41, 5.74) is 2.56. The van der Waals surface area contributed by atoms with E-state index in [1.54, 1.807) is 30.3 Å². The van der Waals surface area contributed by atoms with Crippen molar-refractivity contribution in [2.45, 2.75) is 26.4 Å². The number of carbonyl (C=O) groups is 2. The zero-order chi connectivity index (χ0) is 23.0. The Kier molecular flexibility index (Phi) is 5.48. The van der Waals surface area contributed by atoms with Crippen molar-refractivity contribution < 1.29 is 29.0 Å². The van der Waals surface area contributed by atoms with Gasteiger partial charge in [-0.3, -0.25) is 9.59 Å². The lowest BCUT2D eigenvalue weighted by atomic mass is 9.93. The molecule has 1 saturated heterocycles. The molecule has 0 bridgehead atoms. The molecule has 164 valence electrons. The fourth-order valence-corrected chi connectivity index (χ4v) is 3.97. The second kappa shape index (κ2) is 8.26. The number of phenolic OH excluding ortho intramolecular Hbond substituents is 1. The van der Waals surface area contributed by atoms with Crippen LogP contribution in [-0.2, 0) is 16.1 Å². The Morgan fingerprint density at radius 3 is 2.56 bits per heavy atom. The average molecular weight is 433 g/mol. The minimum Gasteiger partial charge on any atom is -0.507 e. The molecule has 1 atom stereocenters. The topological polar surface area (TPSA) is 100 Å². The molecule has 7 nitrogen and oxygen atoms in total. The molecule has 1 unspecified atom stereocenters. The molecule has 0 saturated carbocycles. The Morgan fingerprint density at radius 1 is 1.12 bits per heavy atom. The number of nitrogens with zero attached hydrogens (tertiary/aromatic N) is 1. The molecule has 2 aromatic carbocycles. The molecular formula is C25H23NO6. The molecule has 0 aliphatic carbocycles. The van der Waals surface area contributed by atoms with Gasteiger partial charge in [0.15, 0.2) is 11.5 Å². The standard InChI is InChI=1S/C25H23NO6/c1-14-6-7-15(2)18(11-14)23(28)21-22(16-8-9-20(31-3)19(27)12-16)26(25(30)24(21)29)13-17-5-4-10-32-17/h4-12,22,27-28H,13H2,1-3H3/b23-21+. The van der Waals surface area contributed by atoms with Crippen LogP contribution in [0, 0.1) is 13.8 Å². The Morgan fingerprint density at radius 2 is 1.91 bits per heavy atom. The first kappa shape index (κ1) is 21.2. The lowest BCUT2D eigenvalue weighted by molar-refractivity contribution is -0.140. The summed E-state index contributed by atoms with van der Waals surface area (Å²) in [5.74, 6) is -1.21. The van der Waals surface area contributed by atoms with E-state index in [1.807, 2.05) is 26.0 Å². The highest BCUT2D eigenvalue weighted by atomic mass is 16.5. The molecule has 2 N–H and O–H groups in total. The predicted octanol–water partition coefficient (Wildman–Crippen LogP) is 4.23. The Bertz CT molecular complexity index is 1230. The molecule has 4 rings (SSSR count). The highest BCUT2D eigenvalue weighted by molar-refractivity contribution is 6.46. The van der Waals surface area contributed by atoms with Gasteiger partial charge in [-0.2, -0.15) is 0 Å². The number of likely N-dealkylation sites (tertiary alicyclic amines) is 1. The molecule has 1 amide bonds. The number of hydrogen-bond acceptors (Lipinski definition) is 6. The number of methoxy groups -OCH3 is 1. The van der Waals surface area contributed by atoms with Gasteiger partial charge in [0.25, 0.3) is 11.7 Å². The van der Waals surface area contributed by atoms with E-state index < -0.39 is 17.7 Å². The maximum Gasteiger partial charge on any atom is 0.296 e. The fourth-order valence-electron chi connectivity index (χ4n) is 3.97. The molecule has 0 spiro atoms. The van der Waals surface area contributed by atoms with E-state index in [1.165, 1.54) is 24.3 Å². The van der Waals surface area contributed by atoms with Crippen LogP contribution in [-0.4, -0.2) is 33.9 Å². The second-order valence-corrected chi connectivity index (χ2v) is 7.76. The summed E-state index contributed by atoms with van der Waals surface area (Å²) in [5, 5.41) is 21.6. The summed E-state index contributed by atoms with van der Waals surface area (Å²) in [6.45, 7) is 3.73. The van der Waals surface area contributed by atoms with E-state index >= 15 is 0 Å². The number of aryl methyl sites for hydroxylation is 2. The fraction of sp³-hybridized carbons (Fsp3) is 0.200. The molecule has 7 heteroatoms. The van der Waals surface area contributed by atoms with Crippen LogP contribution in [0.15, 0.2) is 64.8 Å². The normalized spacial score (nSPS) is 17.7. The van der Waals surface area contributed by atoms with Gasteiger partial charge in [0, 0.05) is 5.56 Å². The minimum absolute atomic E-state index is 0.0264. The summed E-state index contributed by atoms with van der Waals surface area (Å²) in [6.07, 6.45) is 1.48. The van der Waals surface area contributed by atoms with Crippen molar-refractivity contribution in [1.29, 1.82) is 0 Å². The number of amides is 1. The molecular weight excluding hydrogens is 410 g/mol. The molecule has 1 fully saturated rings. The van der Waals surface area contributed by atoms with Gasteiger partial charge in [-0.15, -0.1) is 0 Å². The average Bonchev–Trinajstić information content (AvgIpc) is 3.37. The van der Waals surface area contributed by atoms with Crippen LogP contribution < -0.4 is 4.74 Å². The van der Waals surface area contributed by atoms with Crippen LogP contribution in [0.1, 0.15) is 34.1 Å². The van der Waals surface area contributed by atoms with Crippen molar-refractivity contribution >= 4 is 17.4 Å². The first-order chi connectivity index (χ1) is 15.3. The molecule has 2 heterocycles. The number of aromatic hydroxyl groups is 1. The van der Waals surface area contributed by atoms with Crippen molar-refractivity contribution in [3.05, 3.63) is 88.4 Å². The smallest absolute Gasteiger partial charge is 0.296 e. The van der Waals surface area contributed by atoms with Crippen molar-refractivity contribution in [3.8, 4) is 11.5 Å². The summed E-state index contributed by atoms with van der Waals surface area (Å²) in [4.78, 5) is 27.5. The van der Waals surface area contributed by atoms with E-state index in [2.05, 4.69) is 0 Å². The van der Waals surface area contributed by atoms with Crippen LogP contribution in [0.4, 0.5) is 0 Å². The summed E-state index contributed by atoms with van der Waals surface area (Å²) < 4.78 is 10.5. The maximum absolute atomic E-state index is 13.1. The van der Waals surface area contributed by atoms with Crippen molar-refractivity contribution in [2.75, 3.05) is 7.11 Å². The van der Waals surface area contributed by atoms with Crippen molar-refractivity contribution in [2.24, 2.45) is 0 Å². The van der Waals surface area contributed by atoms with Crippen molar-refractivity contribution in [3.63, 3.8) is 0 Å². The quantitative estimate of drug-likeness (QED) is 0.355. The van der Waals surface area contributed by atoms with Crippen LogP contribution in [0.3, 0.4) is 0 Å². The third-order valence-corrected chi connectivity index (χ3v) is 5.61. The van der Waals surface area contributed by atoms with Gasteiger partial charge in [0.05, 0.1) is 31.5 Å². The van der Waals surface area contributed by atoms with Crippen LogP contribution >= 0.6 is 0 Å². The number of ketones is 1.